The number of aryl methyl sites for hydroxylation is 1. The Bertz CT molecular complexity index is 927. The van der Waals surface area contributed by atoms with Gasteiger partial charge >= 0.3 is 11.9 Å². The van der Waals surface area contributed by atoms with Crippen LogP contribution >= 0.6 is 0 Å². The summed E-state index contributed by atoms with van der Waals surface area (Å²) in [5, 5.41) is 9.41. The largest absolute Gasteiger partial charge is 0.476 e. The first-order valence-electron chi connectivity index (χ1n) is 6.92. The molecule has 116 valence electrons. The van der Waals surface area contributed by atoms with Crippen LogP contribution in [0.25, 0.3) is 16.9 Å². The van der Waals surface area contributed by atoms with Gasteiger partial charge in [-0.3, -0.25) is 4.40 Å². The molecule has 0 unspecified atom stereocenters. The van der Waals surface area contributed by atoms with Gasteiger partial charge < -0.3 is 9.84 Å². The van der Waals surface area contributed by atoms with Gasteiger partial charge in [0.05, 0.1) is 18.2 Å². The fourth-order valence-corrected chi connectivity index (χ4v) is 2.50. The van der Waals surface area contributed by atoms with E-state index in [4.69, 9.17) is 0 Å². The number of hydrogen-bond donors (Lipinski definition) is 1. The van der Waals surface area contributed by atoms with Gasteiger partial charge in [-0.15, -0.1) is 0 Å². The summed E-state index contributed by atoms with van der Waals surface area (Å²) < 4.78 is 6.34. The van der Waals surface area contributed by atoms with Crippen LogP contribution in [0, 0.1) is 6.92 Å². The molecule has 0 bridgehead atoms. The van der Waals surface area contributed by atoms with Gasteiger partial charge in [-0.25, -0.2) is 14.6 Å². The second-order valence-electron chi connectivity index (χ2n) is 5.07. The van der Waals surface area contributed by atoms with Crippen molar-refractivity contribution in [2.24, 2.45) is 0 Å². The minimum absolute atomic E-state index is 0.103. The predicted octanol–water partition coefficient (Wildman–Crippen LogP) is 2.79. The Hall–Kier alpha value is -3.15. The van der Waals surface area contributed by atoms with E-state index in [9.17, 15) is 14.7 Å². The molecule has 6 nitrogen and oxygen atoms in total. The molecular weight excluding hydrogens is 296 g/mol. The Morgan fingerprint density at radius 2 is 1.96 bits per heavy atom. The summed E-state index contributed by atoms with van der Waals surface area (Å²) in [5.74, 6) is -1.15. The molecule has 3 aromatic rings. The van der Waals surface area contributed by atoms with Crippen LogP contribution in [-0.4, -0.2) is 33.5 Å². The Morgan fingerprint density at radius 1 is 1.22 bits per heavy atom. The van der Waals surface area contributed by atoms with E-state index in [2.05, 4.69) is 9.72 Å². The molecule has 0 aliphatic rings. The van der Waals surface area contributed by atoms with E-state index in [-0.39, 0.29) is 11.3 Å². The molecular formula is C17H14N2O4. The molecule has 0 radical (unpaired) electrons. The zero-order chi connectivity index (χ0) is 16.6. The van der Waals surface area contributed by atoms with Crippen LogP contribution in [0.3, 0.4) is 0 Å². The number of hydrogen-bond acceptors (Lipinski definition) is 4. The quantitative estimate of drug-likeness (QED) is 0.752. The molecule has 0 saturated heterocycles. The van der Waals surface area contributed by atoms with Crippen LogP contribution in [-0.2, 0) is 4.74 Å². The smallest absolute Gasteiger partial charge is 0.356 e. The van der Waals surface area contributed by atoms with Gasteiger partial charge in [-0.05, 0) is 24.6 Å². The number of ether oxygens (including phenoxy) is 1. The fraction of sp³-hybridized carbons (Fsp3) is 0.118. The van der Waals surface area contributed by atoms with Crippen LogP contribution < -0.4 is 0 Å². The third-order valence-corrected chi connectivity index (χ3v) is 3.65. The van der Waals surface area contributed by atoms with Crippen molar-refractivity contribution >= 4 is 17.5 Å². The highest BCUT2D eigenvalue weighted by atomic mass is 16.5. The van der Waals surface area contributed by atoms with Crippen molar-refractivity contribution in [3.05, 3.63) is 59.4 Å². The Labute approximate surface area is 132 Å². The van der Waals surface area contributed by atoms with Crippen molar-refractivity contribution in [1.29, 1.82) is 0 Å². The summed E-state index contributed by atoms with van der Waals surface area (Å²) in [6, 6.07) is 10.6. The molecule has 0 atom stereocenters. The molecule has 6 heteroatoms. The molecule has 0 spiro atoms. The maximum Gasteiger partial charge on any atom is 0.356 e. The number of imidazole rings is 1. The van der Waals surface area contributed by atoms with E-state index in [1.807, 2.05) is 31.2 Å². The molecule has 0 aliphatic carbocycles. The van der Waals surface area contributed by atoms with Crippen LogP contribution in [0.2, 0.25) is 0 Å². The number of carboxylic acids is 1. The van der Waals surface area contributed by atoms with Gasteiger partial charge in [0.15, 0.2) is 5.69 Å². The van der Waals surface area contributed by atoms with Crippen molar-refractivity contribution in [3.8, 4) is 11.4 Å². The number of rotatable bonds is 3. The average molecular weight is 310 g/mol. The zero-order valence-electron chi connectivity index (χ0n) is 12.6. The van der Waals surface area contributed by atoms with Gasteiger partial charge in [0.2, 0.25) is 0 Å². The van der Waals surface area contributed by atoms with Gasteiger partial charge in [-0.2, -0.15) is 0 Å². The summed E-state index contributed by atoms with van der Waals surface area (Å²) >= 11 is 0. The molecule has 1 N–H and O–H groups in total. The molecule has 1 aromatic carbocycles. The Morgan fingerprint density at radius 3 is 2.61 bits per heavy atom. The van der Waals surface area contributed by atoms with E-state index in [0.717, 1.165) is 11.1 Å². The number of carboxylic acid groups (broad SMARTS) is 1. The minimum atomic E-state index is -1.15. The highest BCUT2D eigenvalue weighted by Crippen LogP contribution is 2.26. The minimum Gasteiger partial charge on any atom is -0.476 e. The fourth-order valence-electron chi connectivity index (χ4n) is 2.50. The molecule has 0 fully saturated rings. The first kappa shape index (κ1) is 14.8. The Kier molecular flexibility index (Phi) is 3.57. The summed E-state index contributed by atoms with van der Waals surface area (Å²) in [5.41, 5.74) is 2.33. The summed E-state index contributed by atoms with van der Waals surface area (Å²) in [7, 11) is 1.28. The monoisotopic (exact) mass is 310 g/mol. The number of benzene rings is 1. The number of nitrogens with zero attached hydrogens (tertiary/aromatic N) is 2. The highest BCUT2D eigenvalue weighted by molar-refractivity contribution is 5.98. The first-order chi connectivity index (χ1) is 11.0. The van der Waals surface area contributed by atoms with E-state index >= 15 is 0 Å². The lowest BCUT2D eigenvalue weighted by Gasteiger charge is -2.05. The van der Waals surface area contributed by atoms with Crippen LogP contribution in [0.5, 0.6) is 0 Å². The van der Waals surface area contributed by atoms with E-state index in [1.54, 1.807) is 16.7 Å². The van der Waals surface area contributed by atoms with Crippen molar-refractivity contribution in [3.63, 3.8) is 0 Å². The number of carbonyl (C=O) groups is 2. The van der Waals surface area contributed by atoms with Gasteiger partial charge in [0.25, 0.3) is 0 Å². The van der Waals surface area contributed by atoms with Crippen molar-refractivity contribution in [2.45, 2.75) is 6.92 Å². The molecule has 0 amide bonds. The van der Waals surface area contributed by atoms with Crippen LogP contribution in [0.15, 0.2) is 42.6 Å². The standard InChI is InChI=1S/C17H14N2O4/c1-10-5-3-4-6-12(10)15-18-14(16(20)21)13-9-11(17(22)23-2)7-8-19(13)15/h3-9H,1-2H3,(H,20,21). The maximum atomic E-state index is 11.7. The van der Waals surface area contributed by atoms with Gasteiger partial charge in [0.1, 0.15) is 5.82 Å². The lowest BCUT2D eigenvalue weighted by Crippen LogP contribution is -2.03. The summed E-state index contributed by atoms with van der Waals surface area (Å²) in [6.07, 6.45) is 1.63. The van der Waals surface area contributed by atoms with E-state index < -0.39 is 11.9 Å². The van der Waals surface area contributed by atoms with Gasteiger partial charge in [0, 0.05) is 11.8 Å². The number of aromatic nitrogens is 2. The Balaban J connectivity index is 2.31. The molecule has 2 aromatic heterocycles. The highest BCUT2D eigenvalue weighted by Gasteiger charge is 2.20. The van der Waals surface area contributed by atoms with Crippen LogP contribution in [0.1, 0.15) is 26.4 Å². The van der Waals surface area contributed by atoms with Crippen molar-refractivity contribution < 1.29 is 19.4 Å². The number of pyridine rings is 1. The zero-order valence-corrected chi connectivity index (χ0v) is 12.6. The second-order valence-corrected chi connectivity index (χ2v) is 5.07. The average Bonchev–Trinajstić information content (AvgIpc) is 2.93. The number of fused-ring (bicyclic) bond motifs is 1. The number of aromatic carboxylic acids is 1. The topological polar surface area (TPSA) is 80.9 Å². The second kappa shape index (κ2) is 5.57. The number of carbonyl (C=O) groups excluding carboxylic acids is 1. The van der Waals surface area contributed by atoms with Crippen molar-refractivity contribution in [2.75, 3.05) is 7.11 Å². The molecule has 0 saturated carbocycles. The van der Waals surface area contributed by atoms with Crippen LogP contribution in [0.4, 0.5) is 0 Å². The lowest BCUT2D eigenvalue weighted by atomic mass is 10.1. The number of methoxy groups -OCH3 is 1. The van der Waals surface area contributed by atoms with Crippen molar-refractivity contribution in [1.82, 2.24) is 9.38 Å². The third kappa shape index (κ3) is 2.44. The normalized spacial score (nSPS) is 10.7. The maximum absolute atomic E-state index is 11.7. The van der Waals surface area contributed by atoms with Gasteiger partial charge in [-0.1, -0.05) is 24.3 Å². The lowest BCUT2D eigenvalue weighted by molar-refractivity contribution is 0.0599. The molecule has 3 rings (SSSR count). The number of esters is 1. The molecule has 0 aliphatic heterocycles. The first-order valence-corrected chi connectivity index (χ1v) is 6.92. The molecule has 2 heterocycles. The van der Waals surface area contributed by atoms with E-state index in [1.165, 1.54) is 13.2 Å². The van der Waals surface area contributed by atoms with E-state index in [0.29, 0.717) is 11.3 Å². The predicted molar refractivity (Wildman–Crippen MR) is 83.7 cm³/mol. The molecule has 23 heavy (non-hydrogen) atoms. The third-order valence-electron chi connectivity index (χ3n) is 3.65. The SMILES string of the molecule is COC(=O)c1ccn2c(-c3ccccc3C)nc(C(=O)O)c2c1. The summed E-state index contributed by atoms with van der Waals surface area (Å²) in [4.78, 5) is 27.4. The summed E-state index contributed by atoms with van der Waals surface area (Å²) in [6.45, 7) is 1.93.